The second-order valence-electron chi connectivity index (χ2n) is 5.33. The molecule has 3 rings (SSSR count). The van der Waals surface area contributed by atoms with Gasteiger partial charge >= 0.3 is 5.97 Å². The molecule has 0 spiro atoms. The minimum atomic E-state index is -1.35. The highest BCUT2D eigenvalue weighted by Gasteiger charge is 2.19. The van der Waals surface area contributed by atoms with Gasteiger partial charge in [0.15, 0.2) is 11.4 Å². The molecule has 1 amide bonds. The Morgan fingerprint density at radius 1 is 1.12 bits per heavy atom. The molecular weight excluding hydrogens is 338 g/mol. The maximum absolute atomic E-state index is 12.3. The predicted octanol–water partition coefficient (Wildman–Crippen LogP) is 1.49. The van der Waals surface area contributed by atoms with Crippen LogP contribution in [0.25, 0.3) is 11.4 Å². The number of nitrogens with zero attached hydrogens (tertiary/aromatic N) is 3. The summed E-state index contributed by atoms with van der Waals surface area (Å²) in [5.41, 5.74) is 0.509. The van der Waals surface area contributed by atoms with Gasteiger partial charge in [-0.15, -0.1) is 0 Å². The number of benzene rings is 1. The average molecular weight is 351 g/mol. The summed E-state index contributed by atoms with van der Waals surface area (Å²) in [6.07, 6.45) is 2.43. The average Bonchev–Trinajstić information content (AvgIpc) is 2.61. The van der Waals surface area contributed by atoms with Crippen molar-refractivity contribution in [3.63, 3.8) is 0 Å². The van der Waals surface area contributed by atoms with Gasteiger partial charge in [0.1, 0.15) is 5.82 Å². The van der Waals surface area contributed by atoms with E-state index in [-0.39, 0.29) is 11.3 Å². The molecule has 1 aromatic carbocycles. The topological polar surface area (TPSA) is 138 Å². The van der Waals surface area contributed by atoms with Crippen LogP contribution in [0.2, 0.25) is 0 Å². The Morgan fingerprint density at radius 3 is 2.54 bits per heavy atom. The Bertz CT molecular complexity index is 1060. The molecule has 3 N–H and O–H groups in total. The van der Waals surface area contributed by atoms with Gasteiger partial charge in [-0.2, -0.15) is 0 Å². The van der Waals surface area contributed by atoms with E-state index in [4.69, 9.17) is 5.11 Å². The van der Waals surface area contributed by atoms with Crippen LogP contribution in [0.1, 0.15) is 26.7 Å². The number of hydrogen-bond donors (Lipinski definition) is 3. The zero-order chi connectivity index (χ0) is 18.7. The van der Waals surface area contributed by atoms with Gasteiger partial charge in [0, 0.05) is 35.4 Å². The number of nitrogens with one attached hydrogen (secondary N) is 2. The van der Waals surface area contributed by atoms with Crippen LogP contribution in [-0.4, -0.2) is 36.9 Å². The fraction of sp³-hybridized carbons (Fsp3) is 0.0588. The third-order valence-electron chi connectivity index (χ3n) is 3.38. The number of anilines is 1. The van der Waals surface area contributed by atoms with Crippen molar-refractivity contribution in [2.75, 3.05) is 5.32 Å². The number of hydrogen-bond acceptors (Lipinski definition) is 6. The molecule has 0 fully saturated rings. The number of carbonyl (C=O) groups excluding carboxylic acids is 1. The van der Waals surface area contributed by atoms with Crippen LogP contribution in [0.4, 0.5) is 5.69 Å². The Morgan fingerprint density at radius 2 is 1.85 bits per heavy atom. The van der Waals surface area contributed by atoms with Gasteiger partial charge in [-0.05, 0) is 19.1 Å². The van der Waals surface area contributed by atoms with E-state index in [0.29, 0.717) is 22.8 Å². The van der Waals surface area contributed by atoms with E-state index in [1.807, 2.05) is 0 Å². The Kier molecular flexibility index (Phi) is 4.52. The van der Waals surface area contributed by atoms with Gasteiger partial charge in [-0.25, -0.2) is 19.7 Å². The molecule has 0 saturated heterocycles. The van der Waals surface area contributed by atoms with Crippen molar-refractivity contribution in [2.45, 2.75) is 6.92 Å². The molecule has 0 unspecified atom stereocenters. The standard InChI is InChI=1S/C17H13N5O4/c1-9-7-12(23)22-15(20-9)10-3-2-4-11(8-10)21-16(24)13-14(17(25)26)19-6-5-18-13/h2-8H,1H3,(H,21,24)(H,25,26)(H,20,22,23). The first kappa shape index (κ1) is 17.0. The Balaban J connectivity index is 1.91. The number of aromatic amines is 1. The number of carboxylic acids is 1. The molecule has 0 radical (unpaired) electrons. The summed E-state index contributed by atoms with van der Waals surface area (Å²) in [6.45, 7) is 1.70. The van der Waals surface area contributed by atoms with Crippen LogP contribution in [0, 0.1) is 6.92 Å². The lowest BCUT2D eigenvalue weighted by atomic mass is 10.1. The monoisotopic (exact) mass is 351 g/mol. The SMILES string of the molecule is Cc1cc(=O)[nH]c(-c2cccc(NC(=O)c3nccnc3C(=O)O)c2)n1. The predicted molar refractivity (Wildman–Crippen MR) is 92.0 cm³/mol. The molecule has 2 aromatic heterocycles. The molecule has 0 atom stereocenters. The van der Waals surface area contributed by atoms with Crippen molar-refractivity contribution in [2.24, 2.45) is 0 Å². The van der Waals surface area contributed by atoms with Gasteiger partial charge in [-0.1, -0.05) is 12.1 Å². The molecule has 0 bridgehead atoms. The fourth-order valence-electron chi connectivity index (χ4n) is 2.31. The molecule has 26 heavy (non-hydrogen) atoms. The normalized spacial score (nSPS) is 10.3. The second-order valence-corrected chi connectivity index (χ2v) is 5.33. The maximum atomic E-state index is 12.3. The maximum Gasteiger partial charge on any atom is 0.356 e. The summed E-state index contributed by atoms with van der Waals surface area (Å²) < 4.78 is 0. The Labute approximate surface area is 146 Å². The van der Waals surface area contributed by atoms with E-state index in [9.17, 15) is 14.4 Å². The van der Waals surface area contributed by atoms with Gasteiger partial charge in [0.25, 0.3) is 11.5 Å². The summed E-state index contributed by atoms with van der Waals surface area (Å²) in [6, 6.07) is 7.98. The number of aromatic carboxylic acids is 1. The highest BCUT2D eigenvalue weighted by molar-refractivity contribution is 6.08. The molecule has 0 aliphatic heterocycles. The van der Waals surface area contributed by atoms with Crippen LogP contribution in [0.3, 0.4) is 0 Å². The molecule has 130 valence electrons. The molecular formula is C17H13N5O4. The zero-order valence-corrected chi connectivity index (χ0v) is 13.6. The van der Waals surface area contributed by atoms with E-state index in [2.05, 4.69) is 25.3 Å². The zero-order valence-electron chi connectivity index (χ0n) is 13.6. The molecule has 0 aliphatic rings. The van der Waals surface area contributed by atoms with Crippen LogP contribution in [0.15, 0.2) is 47.5 Å². The number of amides is 1. The van der Waals surface area contributed by atoms with Gasteiger partial charge < -0.3 is 15.4 Å². The van der Waals surface area contributed by atoms with Crippen molar-refractivity contribution in [1.82, 2.24) is 19.9 Å². The number of carbonyl (C=O) groups is 2. The van der Waals surface area contributed by atoms with Crippen LogP contribution < -0.4 is 10.9 Å². The van der Waals surface area contributed by atoms with Crippen LogP contribution in [-0.2, 0) is 0 Å². The summed E-state index contributed by atoms with van der Waals surface area (Å²) in [4.78, 5) is 49.4. The third-order valence-corrected chi connectivity index (χ3v) is 3.38. The summed E-state index contributed by atoms with van der Waals surface area (Å²) in [7, 11) is 0. The summed E-state index contributed by atoms with van der Waals surface area (Å²) >= 11 is 0. The third kappa shape index (κ3) is 3.61. The number of aryl methyl sites for hydroxylation is 1. The minimum absolute atomic E-state index is 0.285. The molecule has 2 heterocycles. The smallest absolute Gasteiger partial charge is 0.356 e. The molecule has 0 saturated carbocycles. The van der Waals surface area contributed by atoms with Gasteiger partial charge in [0.05, 0.1) is 0 Å². The fourth-order valence-corrected chi connectivity index (χ4v) is 2.31. The van der Waals surface area contributed by atoms with E-state index >= 15 is 0 Å². The van der Waals surface area contributed by atoms with Crippen molar-refractivity contribution >= 4 is 17.6 Å². The first-order valence-electron chi connectivity index (χ1n) is 7.48. The van der Waals surface area contributed by atoms with Crippen molar-refractivity contribution in [3.8, 4) is 11.4 Å². The number of carboxylic acid groups (broad SMARTS) is 1. The van der Waals surface area contributed by atoms with Gasteiger partial charge in [0.2, 0.25) is 0 Å². The highest BCUT2D eigenvalue weighted by atomic mass is 16.4. The molecule has 9 nitrogen and oxygen atoms in total. The number of aromatic nitrogens is 4. The number of H-pyrrole nitrogens is 1. The quantitative estimate of drug-likeness (QED) is 0.647. The van der Waals surface area contributed by atoms with Crippen molar-refractivity contribution in [1.29, 1.82) is 0 Å². The highest BCUT2D eigenvalue weighted by Crippen LogP contribution is 2.19. The van der Waals surface area contributed by atoms with Crippen molar-refractivity contribution < 1.29 is 14.7 Å². The molecule has 0 aliphatic carbocycles. The van der Waals surface area contributed by atoms with Crippen LogP contribution >= 0.6 is 0 Å². The second kappa shape index (κ2) is 6.93. The van der Waals surface area contributed by atoms with Gasteiger partial charge in [-0.3, -0.25) is 9.59 Å². The lowest BCUT2D eigenvalue weighted by Crippen LogP contribution is -2.19. The summed E-state index contributed by atoms with van der Waals surface area (Å²) in [5.74, 6) is -1.70. The first-order valence-corrected chi connectivity index (χ1v) is 7.48. The Hall–Kier alpha value is -3.88. The lowest BCUT2D eigenvalue weighted by Gasteiger charge is -2.08. The van der Waals surface area contributed by atoms with E-state index in [0.717, 1.165) is 0 Å². The largest absolute Gasteiger partial charge is 0.476 e. The lowest BCUT2D eigenvalue weighted by molar-refractivity contribution is 0.0685. The van der Waals surface area contributed by atoms with E-state index < -0.39 is 17.6 Å². The van der Waals surface area contributed by atoms with Crippen molar-refractivity contribution in [3.05, 3.63) is 70.2 Å². The van der Waals surface area contributed by atoms with Crippen LogP contribution in [0.5, 0.6) is 0 Å². The molecule has 3 aromatic rings. The number of rotatable bonds is 4. The minimum Gasteiger partial charge on any atom is -0.476 e. The van der Waals surface area contributed by atoms with E-state index in [1.54, 1.807) is 31.2 Å². The molecule has 9 heteroatoms. The summed E-state index contributed by atoms with van der Waals surface area (Å²) in [5, 5.41) is 11.7. The van der Waals surface area contributed by atoms with E-state index in [1.165, 1.54) is 18.5 Å². The first-order chi connectivity index (χ1) is 12.4.